The monoisotopic (exact) mass is 230 g/mol. The van der Waals surface area contributed by atoms with Crippen LogP contribution in [0.3, 0.4) is 0 Å². The van der Waals surface area contributed by atoms with Crippen molar-refractivity contribution in [2.45, 2.75) is 26.0 Å². The Balaban J connectivity index is 2.22. The molecule has 0 atom stereocenters. The van der Waals surface area contributed by atoms with Gasteiger partial charge in [-0.05, 0) is 6.92 Å². The molecule has 0 fully saturated rings. The van der Waals surface area contributed by atoms with Crippen LogP contribution < -0.4 is 0 Å². The Hall–Kier alpha value is -1.04. The van der Waals surface area contributed by atoms with Gasteiger partial charge in [-0.1, -0.05) is 12.1 Å². The molecule has 1 rings (SSSR count). The van der Waals surface area contributed by atoms with Gasteiger partial charge in [0.15, 0.2) is 5.82 Å². The molecule has 0 unspecified atom stereocenters. The standard InChI is InChI=1S/C9H14N2O3S/c1-3-8-10-7(11-14-8)5-15-6-9(12)13-4-2/h3-6H2,1-2H3. The molecule has 84 valence electrons. The van der Waals surface area contributed by atoms with Crippen LogP contribution in [-0.2, 0) is 21.7 Å². The predicted molar refractivity (Wildman–Crippen MR) is 56.5 cm³/mol. The highest BCUT2D eigenvalue weighted by molar-refractivity contribution is 7.99. The first kappa shape index (κ1) is 12.0. The van der Waals surface area contributed by atoms with E-state index in [2.05, 4.69) is 10.1 Å². The number of aromatic nitrogens is 2. The summed E-state index contributed by atoms with van der Waals surface area (Å²) < 4.78 is 9.71. The van der Waals surface area contributed by atoms with E-state index in [-0.39, 0.29) is 5.97 Å². The van der Waals surface area contributed by atoms with Gasteiger partial charge in [0.05, 0.1) is 18.1 Å². The number of rotatable bonds is 6. The van der Waals surface area contributed by atoms with E-state index >= 15 is 0 Å². The second kappa shape index (κ2) is 6.44. The van der Waals surface area contributed by atoms with Crippen molar-refractivity contribution >= 4 is 17.7 Å². The lowest BCUT2D eigenvalue weighted by Gasteiger charge is -1.98. The summed E-state index contributed by atoms with van der Waals surface area (Å²) >= 11 is 1.42. The molecule has 0 amide bonds. The maximum absolute atomic E-state index is 11.0. The number of nitrogens with zero attached hydrogens (tertiary/aromatic N) is 2. The number of ether oxygens (including phenoxy) is 1. The van der Waals surface area contributed by atoms with Gasteiger partial charge in [-0.25, -0.2) is 0 Å². The Morgan fingerprint density at radius 1 is 1.53 bits per heavy atom. The lowest BCUT2D eigenvalue weighted by molar-refractivity contribution is -0.139. The minimum Gasteiger partial charge on any atom is -0.465 e. The summed E-state index contributed by atoms with van der Waals surface area (Å²) in [5.74, 6) is 1.94. The molecule has 0 saturated carbocycles. The lowest BCUT2D eigenvalue weighted by atomic mass is 10.5. The molecule has 0 aliphatic heterocycles. The van der Waals surface area contributed by atoms with Crippen LogP contribution in [0.15, 0.2) is 4.52 Å². The van der Waals surface area contributed by atoms with Crippen molar-refractivity contribution in [3.8, 4) is 0 Å². The van der Waals surface area contributed by atoms with Crippen molar-refractivity contribution in [2.24, 2.45) is 0 Å². The van der Waals surface area contributed by atoms with Crippen LogP contribution in [0.1, 0.15) is 25.6 Å². The van der Waals surface area contributed by atoms with Crippen LogP contribution in [0, 0.1) is 0 Å². The van der Waals surface area contributed by atoms with Crippen LogP contribution in [0.25, 0.3) is 0 Å². The second-order valence-corrected chi connectivity index (χ2v) is 3.74. The SMILES string of the molecule is CCOC(=O)CSCc1noc(CC)n1. The molecule has 15 heavy (non-hydrogen) atoms. The van der Waals surface area contributed by atoms with E-state index in [1.807, 2.05) is 6.92 Å². The van der Waals surface area contributed by atoms with E-state index in [0.717, 1.165) is 6.42 Å². The summed E-state index contributed by atoms with van der Waals surface area (Å²) in [6.45, 7) is 4.15. The maximum Gasteiger partial charge on any atom is 0.315 e. The molecule has 0 N–H and O–H groups in total. The minimum absolute atomic E-state index is 0.207. The Kier molecular flexibility index (Phi) is 5.17. The third-order valence-electron chi connectivity index (χ3n) is 1.57. The Morgan fingerprint density at radius 2 is 2.33 bits per heavy atom. The number of aryl methyl sites for hydroxylation is 1. The molecular formula is C9H14N2O3S. The zero-order valence-electron chi connectivity index (χ0n) is 8.86. The van der Waals surface area contributed by atoms with Crippen molar-refractivity contribution in [1.29, 1.82) is 0 Å². The third-order valence-corrected chi connectivity index (χ3v) is 2.47. The van der Waals surface area contributed by atoms with Gasteiger partial charge in [-0.2, -0.15) is 4.98 Å². The van der Waals surface area contributed by atoms with Gasteiger partial charge in [0.1, 0.15) is 0 Å². The molecule has 0 aromatic carbocycles. The van der Waals surface area contributed by atoms with Gasteiger partial charge < -0.3 is 9.26 Å². The van der Waals surface area contributed by atoms with Crippen molar-refractivity contribution < 1.29 is 14.1 Å². The quantitative estimate of drug-likeness (QED) is 0.689. The fraction of sp³-hybridized carbons (Fsp3) is 0.667. The minimum atomic E-state index is -0.207. The first-order chi connectivity index (χ1) is 7.26. The number of carbonyl (C=O) groups is 1. The number of carbonyl (C=O) groups excluding carboxylic acids is 1. The van der Waals surface area contributed by atoms with Crippen molar-refractivity contribution in [3.05, 3.63) is 11.7 Å². The van der Waals surface area contributed by atoms with E-state index < -0.39 is 0 Å². The van der Waals surface area contributed by atoms with Crippen molar-refractivity contribution in [3.63, 3.8) is 0 Å². The fourth-order valence-corrected chi connectivity index (χ4v) is 1.57. The normalized spacial score (nSPS) is 10.3. The number of esters is 1. The molecule has 0 saturated heterocycles. The lowest BCUT2D eigenvalue weighted by Crippen LogP contribution is -2.06. The van der Waals surface area contributed by atoms with Crippen LogP contribution >= 0.6 is 11.8 Å². The number of hydrogen-bond donors (Lipinski definition) is 0. The molecule has 0 aliphatic carbocycles. The van der Waals surface area contributed by atoms with Crippen LogP contribution in [0.2, 0.25) is 0 Å². The van der Waals surface area contributed by atoms with Crippen LogP contribution in [-0.4, -0.2) is 28.5 Å². The molecule has 1 heterocycles. The van der Waals surface area contributed by atoms with Gasteiger partial charge in [0, 0.05) is 6.42 Å². The molecule has 5 nitrogen and oxygen atoms in total. The Labute approximate surface area is 92.6 Å². The summed E-state index contributed by atoms with van der Waals surface area (Å²) in [5.41, 5.74) is 0. The van der Waals surface area contributed by atoms with Gasteiger partial charge in [0.25, 0.3) is 0 Å². The maximum atomic E-state index is 11.0. The number of thioether (sulfide) groups is 1. The van der Waals surface area contributed by atoms with Gasteiger partial charge in [-0.15, -0.1) is 11.8 Å². The highest BCUT2D eigenvalue weighted by Crippen LogP contribution is 2.09. The summed E-state index contributed by atoms with van der Waals surface area (Å²) in [7, 11) is 0. The molecule has 6 heteroatoms. The van der Waals surface area contributed by atoms with E-state index in [9.17, 15) is 4.79 Å². The molecule has 1 aromatic rings. The van der Waals surface area contributed by atoms with E-state index in [1.165, 1.54) is 11.8 Å². The van der Waals surface area contributed by atoms with Crippen LogP contribution in [0.5, 0.6) is 0 Å². The highest BCUT2D eigenvalue weighted by Gasteiger charge is 2.06. The first-order valence-corrected chi connectivity index (χ1v) is 5.96. The van der Waals surface area contributed by atoms with Gasteiger partial charge in [0.2, 0.25) is 5.89 Å². The van der Waals surface area contributed by atoms with E-state index in [0.29, 0.717) is 29.8 Å². The zero-order chi connectivity index (χ0) is 11.1. The Bertz CT molecular complexity index is 314. The van der Waals surface area contributed by atoms with Crippen molar-refractivity contribution in [2.75, 3.05) is 12.4 Å². The van der Waals surface area contributed by atoms with Crippen molar-refractivity contribution in [1.82, 2.24) is 10.1 Å². The molecule has 0 aliphatic rings. The summed E-state index contributed by atoms with van der Waals surface area (Å²) in [6.07, 6.45) is 0.732. The first-order valence-electron chi connectivity index (χ1n) is 4.81. The summed E-state index contributed by atoms with van der Waals surface area (Å²) in [6, 6.07) is 0. The number of hydrogen-bond acceptors (Lipinski definition) is 6. The molecule has 0 spiro atoms. The largest absolute Gasteiger partial charge is 0.465 e. The average Bonchev–Trinajstić information content (AvgIpc) is 2.66. The predicted octanol–water partition coefficient (Wildman–Crippen LogP) is 1.43. The van der Waals surface area contributed by atoms with Gasteiger partial charge in [-0.3, -0.25) is 4.79 Å². The molecular weight excluding hydrogens is 216 g/mol. The van der Waals surface area contributed by atoms with Crippen LogP contribution in [0.4, 0.5) is 0 Å². The fourth-order valence-electron chi connectivity index (χ4n) is 0.921. The molecule has 1 aromatic heterocycles. The molecule has 0 bridgehead atoms. The summed E-state index contributed by atoms with van der Waals surface area (Å²) in [5, 5.41) is 3.77. The Morgan fingerprint density at radius 3 is 2.93 bits per heavy atom. The van der Waals surface area contributed by atoms with E-state index in [4.69, 9.17) is 9.26 Å². The van der Waals surface area contributed by atoms with Gasteiger partial charge >= 0.3 is 5.97 Å². The highest BCUT2D eigenvalue weighted by atomic mass is 32.2. The topological polar surface area (TPSA) is 65.2 Å². The average molecular weight is 230 g/mol. The third kappa shape index (κ3) is 4.33. The smallest absolute Gasteiger partial charge is 0.315 e. The molecule has 0 radical (unpaired) electrons. The zero-order valence-corrected chi connectivity index (χ0v) is 9.67. The summed E-state index contributed by atoms with van der Waals surface area (Å²) in [4.78, 5) is 15.1. The van der Waals surface area contributed by atoms with E-state index in [1.54, 1.807) is 6.92 Å². The second-order valence-electron chi connectivity index (χ2n) is 2.76.